The Morgan fingerprint density at radius 3 is 2.53 bits per heavy atom. The molecule has 1 aliphatic carbocycles. The topological polar surface area (TPSA) is 34.9 Å². The van der Waals surface area contributed by atoms with Crippen molar-refractivity contribution in [3.05, 3.63) is 18.2 Å². The van der Waals surface area contributed by atoms with Crippen molar-refractivity contribution in [1.82, 2.24) is 9.55 Å². The Morgan fingerprint density at radius 2 is 2.00 bits per heavy atom. The van der Waals surface area contributed by atoms with E-state index in [2.05, 4.69) is 4.98 Å². The summed E-state index contributed by atoms with van der Waals surface area (Å²) in [7, 11) is 0. The van der Waals surface area contributed by atoms with Gasteiger partial charge in [-0.3, -0.25) is 4.79 Å². The Hall–Kier alpha value is -1.12. The molecule has 0 unspecified atom stereocenters. The fraction of sp³-hybridized carbons (Fsp3) is 0.714. The molecule has 3 nitrogen and oxygen atoms in total. The number of carbonyl (C=O) groups is 1. The zero-order valence-corrected chi connectivity index (χ0v) is 11.1. The molecular formula is C14H22N2O. The molecule has 1 heterocycles. The van der Waals surface area contributed by atoms with E-state index < -0.39 is 5.54 Å². The lowest BCUT2D eigenvalue weighted by molar-refractivity contribution is -0.131. The normalized spacial score (nSPS) is 18.3. The van der Waals surface area contributed by atoms with Crippen molar-refractivity contribution in [2.24, 2.45) is 5.92 Å². The molecule has 0 bridgehead atoms. The lowest BCUT2D eigenvalue weighted by Gasteiger charge is -2.31. The van der Waals surface area contributed by atoms with Gasteiger partial charge in [0.25, 0.3) is 0 Å². The van der Waals surface area contributed by atoms with Crippen molar-refractivity contribution in [3.8, 4) is 0 Å². The van der Waals surface area contributed by atoms with E-state index in [0.717, 1.165) is 18.5 Å². The molecule has 1 saturated carbocycles. The molecule has 3 heteroatoms. The Morgan fingerprint density at radius 1 is 1.35 bits per heavy atom. The first-order valence-corrected chi connectivity index (χ1v) is 6.57. The fourth-order valence-electron chi connectivity index (χ4n) is 2.72. The zero-order chi connectivity index (χ0) is 12.5. The van der Waals surface area contributed by atoms with E-state index >= 15 is 0 Å². The number of ketones is 1. The summed E-state index contributed by atoms with van der Waals surface area (Å²) in [6, 6.07) is 0. The van der Waals surface area contributed by atoms with Gasteiger partial charge in [0.2, 0.25) is 0 Å². The van der Waals surface area contributed by atoms with Crippen LogP contribution in [0.4, 0.5) is 0 Å². The summed E-state index contributed by atoms with van der Waals surface area (Å²) in [5.41, 5.74) is 0.512. The molecule has 0 amide bonds. The summed E-state index contributed by atoms with van der Waals surface area (Å²) in [5.74, 6) is 0.621. The number of aryl methyl sites for hydroxylation is 1. The molecule has 0 N–H and O–H groups in total. The number of hydrogen-bond donors (Lipinski definition) is 0. The largest absolute Gasteiger partial charge is 0.325 e. The molecule has 0 radical (unpaired) electrons. The van der Waals surface area contributed by atoms with Crippen molar-refractivity contribution < 1.29 is 4.79 Å². The second kappa shape index (κ2) is 4.63. The van der Waals surface area contributed by atoms with Gasteiger partial charge in [-0.25, -0.2) is 4.98 Å². The standard InChI is InChI=1S/C14H22N2O/c1-11-9-16(10-15-11)14(2,3)13(17)12-7-5-4-6-8-12/h9-10,12H,4-8H2,1-3H3. The number of imidazole rings is 1. The molecule has 1 aromatic heterocycles. The highest BCUT2D eigenvalue weighted by Gasteiger charge is 2.35. The number of hydrogen-bond acceptors (Lipinski definition) is 2. The van der Waals surface area contributed by atoms with Gasteiger partial charge in [0, 0.05) is 12.1 Å². The van der Waals surface area contributed by atoms with Gasteiger partial charge < -0.3 is 4.57 Å². The Balaban J connectivity index is 2.16. The lowest BCUT2D eigenvalue weighted by atomic mass is 9.79. The monoisotopic (exact) mass is 234 g/mol. The third-order valence-electron chi connectivity index (χ3n) is 3.94. The van der Waals surface area contributed by atoms with Crippen molar-refractivity contribution in [2.75, 3.05) is 0 Å². The van der Waals surface area contributed by atoms with Crippen LogP contribution in [-0.4, -0.2) is 15.3 Å². The maximum Gasteiger partial charge on any atom is 0.161 e. The molecule has 0 aromatic carbocycles. The minimum atomic E-state index is -0.455. The highest BCUT2D eigenvalue weighted by molar-refractivity contribution is 5.88. The first kappa shape index (κ1) is 12.3. The van der Waals surface area contributed by atoms with Gasteiger partial charge in [-0.05, 0) is 33.6 Å². The zero-order valence-electron chi connectivity index (χ0n) is 11.1. The third kappa shape index (κ3) is 2.43. The maximum atomic E-state index is 12.6. The minimum absolute atomic E-state index is 0.251. The van der Waals surface area contributed by atoms with Crippen LogP contribution >= 0.6 is 0 Å². The molecule has 0 saturated heterocycles. The first-order chi connectivity index (χ1) is 8.01. The van der Waals surface area contributed by atoms with Gasteiger partial charge in [0.1, 0.15) is 0 Å². The lowest BCUT2D eigenvalue weighted by Crippen LogP contribution is -2.40. The van der Waals surface area contributed by atoms with Crippen LogP contribution in [-0.2, 0) is 10.3 Å². The van der Waals surface area contributed by atoms with Gasteiger partial charge in [0.15, 0.2) is 5.78 Å². The molecule has 0 aliphatic heterocycles. The molecule has 94 valence electrons. The highest BCUT2D eigenvalue weighted by atomic mass is 16.1. The van der Waals surface area contributed by atoms with Crippen LogP contribution in [0.5, 0.6) is 0 Å². The van der Waals surface area contributed by atoms with E-state index in [9.17, 15) is 4.79 Å². The third-order valence-corrected chi connectivity index (χ3v) is 3.94. The average Bonchev–Trinajstić information content (AvgIpc) is 2.77. The van der Waals surface area contributed by atoms with E-state index in [1.807, 2.05) is 31.5 Å². The quantitative estimate of drug-likeness (QED) is 0.805. The van der Waals surface area contributed by atoms with E-state index in [1.54, 1.807) is 6.33 Å². The molecule has 17 heavy (non-hydrogen) atoms. The predicted molar refractivity (Wildman–Crippen MR) is 67.9 cm³/mol. The van der Waals surface area contributed by atoms with Gasteiger partial charge >= 0.3 is 0 Å². The van der Waals surface area contributed by atoms with E-state index in [0.29, 0.717) is 5.78 Å². The van der Waals surface area contributed by atoms with Gasteiger partial charge in [-0.1, -0.05) is 19.3 Å². The van der Waals surface area contributed by atoms with Crippen molar-refractivity contribution in [1.29, 1.82) is 0 Å². The Labute approximate surface area is 103 Å². The van der Waals surface area contributed by atoms with Crippen LogP contribution in [0.25, 0.3) is 0 Å². The van der Waals surface area contributed by atoms with Gasteiger partial charge in [-0.2, -0.15) is 0 Å². The van der Waals surface area contributed by atoms with Crippen molar-refractivity contribution >= 4 is 5.78 Å². The summed E-state index contributed by atoms with van der Waals surface area (Å²) in [6.45, 7) is 5.97. The van der Waals surface area contributed by atoms with Crippen LogP contribution in [0.3, 0.4) is 0 Å². The van der Waals surface area contributed by atoms with Crippen LogP contribution in [0.1, 0.15) is 51.6 Å². The minimum Gasteiger partial charge on any atom is -0.325 e. The summed E-state index contributed by atoms with van der Waals surface area (Å²) < 4.78 is 1.96. The second-order valence-corrected chi connectivity index (χ2v) is 5.68. The van der Waals surface area contributed by atoms with Gasteiger partial charge in [0.05, 0.1) is 17.6 Å². The number of aromatic nitrogens is 2. The Kier molecular flexibility index (Phi) is 3.36. The van der Waals surface area contributed by atoms with Crippen LogP contribution < -0.4 is 0 Å². The van der Waals surface area contributed by atoms with Crippen LogP contribution in [0.2, 0.25) is 0 Å². The van der Waals surface area contributed by atoms with Crippen molar-refractivity contribution in [2.45, 2.75) is 58.4 Å². The fourth-order valence-corrected chi connectivity index (χ4v) is 2.72. The average molecular weight is 234 g/mol. The van der Waals surface area contributed by atoms with Gasteiger partial charge in [-0.15, -0.1) is 0 Å². The molecule has 0 spiro atoms. The Bertz CT molecular complexity index is 400. The van der Waals surface area contributed by atoms with Crippen LogP contribution in [0, 0.1) is 12.8 Å². The number of nitrogens with zero attached hydrogens (tertiary/aromatic N) is 2. The van der Waals surface area contributed by atoms with Crippen LogP contribution in [0.15, 0.2) is 12.5 Å². The van der Waals surface area contributed by atoms with E-state index in [1.165, 1.54) is 19.3 Å². The molecule has 2 rings (SSSR count). The summed E-state index contributed by atoms with van der Waals surface area (Å²) in [6.07, 6.45) is 9.56. The number of rotatable bonds is 3. The predicted octanol–water partition coefficient (Wildman–Crippen LogP) is 3.08. The van der Waals surface area contributed by atoms with Crippen molar-refractivity contribution in [3.63, 3.8) is 0 Å². The maximum absolute atomic E-state index is 12.6. The smallest absolute Gasteiger partial charge is 0.161 e. The molecular weight excluding hydrogens is 212 g/mol. The summed E-state index contributed by atoms with van der Waals surface area (Å²) in [4.78, 5) is 16.8. The second-order valence-electron chi connectivity index (χ2n) is 5.68. The SMILES string of the molecule is Cc1cn(C(C)(C)C(=O)C2CCCCC2)cn1. The van der Waals surface area contributed by atoms with E-state index in [-0.39, 0.29) is 5.92 Å². The highest BCUT2D eigenvalue weighted by Crippen LogP contribution is 2.30. The first-order valence-electron chi connectivity index (χ1n) is 6.57. The molecule has 1 aliphatic rings. The summed E-state index contributed by atoms with van der Waals surface area (Å²) in [5, 5.41) is 0. The summed E-state index contributed by atoms with van der Waals surface area (Å²) >= 11 is 0. The molecule has 1 fully saturated rings. The number of carbonyl (C=O) groups excluding carboxylic acids is 1. The van der Waals surface area contributed by atoms with E-state index in [4.69, 9.17) is 0 Å². The molecule has 1 aromatic rings. The molecule has 0 atom stereocenters. The number of Topliss-reactive ketones (excluding diaryl/α,β-unsaturated/α-hetero) is 1.